The summed E-state index contributed by atoms with van der Waals surface area (Å²) in [5.41, 5.74) is -1.13. The normalized spacial score (nSPS) is 11.2. The van der Waals surface area contributed by atoms with Crippen LogP contribution in [-0.4, -0.2) is 18.1 Å². The molecule has 0 heterocycles. The van der Waals surface area contributed by atoms with Gasteiger partial charge in [0, 0.05) is 12.7 Å². The molecular weight excluding hydrogens is 211 g/mol. The number of aromatic carboxylic acids is 1. The highest BCUT2D eigenvalue weighted by molar-refractivity contribution is 5.94. The standard InChI is InChI=1S/C9H8F3NO2/c1-13-7-4-5(9(10,11)12)2-3-6(7)8(14)15/h2-4,13H,1H3,(H,14,15). The van der Waals surface area contributed by atoms with Gasteiger partial charge in [0.25, 0.3) is 0 Å². The summed E-state index contributed by atoms with van der Waals surface area (Å²) in [6.07, 6.45) is -4.47. The molecule has 0 fully saturated rings. The Morgan fingerprint density at radius 3 is 2.40 bits per heavy atom. The molecule has 0 aliphatic rings. The van der Waals surface area contributed by atoms with Gasteiger partial charge >= 0.3 is 12.1 Å². The van der Waals surface area contributed by atoms with Gasteiger partial charge in [0.15, 0.2) is 0 Å². The van der Waals surface area contributed by atoms with Gasteiger partial charge in [0.05, 0.1) is 11.1 Å². The van der Waals surface area contributed by atoms with Gasteiger partial charge in [0.2, 0.25) is 0 Å². The van der Waals surface area contributed by atoms with Crippen LogP contribution in [-0.2, 0) is 6.18 Å². The van der Waals surface area contributed by atoms with Gasteiger partial charge in [-0.1, -0.05) is 0 Å². The van der Waals surface area contributed by atoms with Crippen molar-refractivity contribution >= 4 is 11.7 Å². The van der Waals surface area contributed by atoms with Crippen LogP contribution in [0.3, 0.4) is 0 Å². The molecule has 1 aromatic carbocycles. The Labute approximate surface area is 83.5 Å². The highest BCUT2D eigenvalue weighted by Gasteiger charge is 2.31. The van der Waals surface area contributed by atoms with Crippen molar-refractivity contribution in [3.63, 3.8) is 0 Å². The van der Waals surface area contributed by atoms with Gasteiger partial charge in [-0.2, -0.15) is 13.2 Å². The molecule has 0 amide bonds. The summed E-state index contributed by atoms with van der Waals surface area (Å²) in [6, 6.07) is 2.44. The molecule has 0 aliphatic heterocycles. The van der Waals surface area contributed by atoms with Crippen LogP contribution in [0, 0.1) is 0 Å². The van der Waals surface area contributed by atoms with Crippen LogP contribution >= 0.6 is 0 Å². The molecule has 0 saturated carbocycles. The Balaban J connectivity index is 3.25. The maximum atomic E-state index is 12.3. The minimum atomic E-state index is -4.47. The van der Waals surface area contributed by atoms with Crippen molar-refractivity contribution < 1.29 is 23.1 Å². The Morgan fingerprint density at radius 1 is 1.40 bits per heavy atom. The van der Waals surface area contributed by atoms with E-state index in [0.29, 0.717) is 0 Å². The van der Waals surface area contributed by atoms with Crippen LogP contribution in [0.2, 0.25) is 0 Å². The largest absolute Gasteiger partial charge is 0.478 e. The minimum absolute atomic E-state index is 0.0580. The van der Waals surface area contributed by atoms with Crippen molar-refractivity contribution in [3.8, 4) is 0 Å². The van der Waals surface area contributed by atoms with Crippen LogP contribution < -0.4 is 5.32 Å². The first-order chi connectivity index (χ1) is 6.86. The quantitative estimate of drug-likeness (QED) is 0.803. The number of carboxylic acids is 1. The fourth-order valence-corrected chi connectivity index (χ4v) is 1.11. The average Bonchev–Trinajstić information content (AvgIpc) is 2.15. The van der Waals surface area contributed by atoms with Gasteiger partial charge in [-0.3, -0.25) is 0 Å². The maximum Gasteiger partial charge on any atom is 0.416 e. The second kappa shape index (κ2) is 3.80. The van der Waals surface area contributed by atoms with Crippen molar-refractivity contribution in [1.29, 1.82) is 0 Å². The Bertz CT molecular complexity index is 387. The van der Waals surface area contributed by atoms with Crippen LogP contribution in [0.25, 0.3) is 0 Å². The lowest BCUT2D eigenvalue weighted by atomic mass is 10.1. The Kier molecular flexibility index (Phi) is 2.88. The van der Waals surface area contributed by atoms with Gasteiger partial charge < -0.3 is 10.4 Å². The first-order valence-electron chi connectivity index (χ1n) is 3.98. The number of alkyl halides is 3. The number of rotatable bonds is 2. The molecule has 0 radical (unpaired) electrons. The summed E-state index contributed by atoms with van der Waals surface area (Å²) in [4.78, 5) is 10.6. The summed E-state index contributed by atoms with van der Waals surface area (Å²) in [6.45, 7) is 0. The number of hydrogen-bond donors (Lipinski definition) is 2. The van der Waals surface area contributed by atoms with E-state index in [4.69, 9.17) is 5.11 Å². The zero-order chi connectivity index (χ0) is 11.6. The molecule has 0 spiro atoms. The second-order valence-corrected chi connectivity index (χ2v) is 2.81. The summed E-state index contributed by atoms with van der Waals surface area (Å²) in [5.74, 6) is -1.27. The van der Waals surface area contributed by atoms with E-state index in [2.05, 4.69) is 5.32 Å². The van der Waals surface area contributed by atoms with Gasteiger partial charge in [-0.05, 0) is 18.2 Å². The first kappa shape index (κ1) is 11.4. The summed E-state index contributed by atoms with van der Waals surface area (Å²) >= 11 is 0. The zero-order valence-electron chi connectivity index (χ0n) is 7.72. The van der Waals surface area contributed by atoms with Crippen molar-refractivity contribution in [2.75, 3.05) is 12.4 Å². The summed E-state index contributed by atoms with van der Waals surface area (Å²) in [5, 5.41) is 11.1. The molecule has 82 valence electrons. The van der Waals surface area contributed by atoms with Crippen molar-refractivity contribution in [3.05, 3.63) is 29.3 Å². The number of hydrogen-bond acceptors (Lipinski definition) is 2. The van der Waals surface area contributed by atoms with Gasteiger partial charge in [-0.25, -0.2) is 4.79 Å². The Morgan fingerprint density at radius 2 is 2.00 bits per heavy atom. The third kappa shape index (κ3) is 2.39. The van der Waals surface area contributed by atoms with E-state index >= 15 is 0 Å². The number of halogens is 3. The SMILES string of the molecule is CNc1cc(C(F)(F)F)ccc1C(=O)O. The fourth-order valence-electron chi connectivity index (χ4n) is 1.11. The molecule has 1 rings (SSSR count). The first-order valence-corrected chi connectivity index (χ1v) is 3.98. The molecule has 0 atom stereocenters. The van der Waals surface area contributed by atoms with Crippen molar-refractivity contribution in [2.24, 2.45) is 0 Å². The number of nitrogens with one attached hydrogen (secondary N) is 1. The molecule has 0 saturated heterocycles. The van der Waals surface area contributed by atoms with E-state index in [1.807, 2.05) is 0 Å². The van der Waals surface area contributed by atoms with E-state index in [0.717, 1.165) is 18.2 Å². The van der Waals surface area contributed by atoms with Crippen LogP contribution in [0.4, 0.5) is 18.9 Å². The monoisotopic (exact) mass is 219 g/mol. The molecule has 1 aromatic rings. The molecule has 0 unspecified atom stereocenters. The molecule has 3 nitrogen and oxygen atoms in total. The minimum Gasteiger partial charge on any atom is -0.478 e. The number of carbonyl (C=O) groups is 1. The fraction of sp³-hybridized carbons (Fsp3) is 0.222. The van der Waals surface area contributed by atoms with E-state index < -0.39 is 17.7 Å². The summed E-state index contributed by atoms with van der Waals surface area (Å²) < 4.78 is 36.8. The second-order valence-electron chi connectivity index (χ2n) is 2.81. The topological polar surface area (TPSA) is 49.3 Å². The van der Waals surface area contributed by atoms with Crippen LogP contribution in [0.15, 0.2) is 18.2 Å². The molecule has 2 N–H and O–H groups in total. The Hall–Kier alpha value is -1.72. The van der Waals surface area contributed by atoms with E-state index in [-0.39, 0.29) is 11.3 Å². The smallest absolute Gasteiger partial charge is 0.416 e. The molecule has 0 aliphatic carbocycles. The number of carboxylic acid groups (broad SMARTS) is 1. The molecule has 15 heavy (non-hydrogen) atoms. The zero-order valence-corrected chi connectivity index (χ0v) is 7.72. The third-order valence-electron chi connectivity index (χ3n) is 1.85. The van der Waals surface area contributed by atoms with Crippen molar-refractivity contribution in [2.45, 2.75) is 6.18 Å². The average molecular weight is 219 g/mol. The number of anilines is 1. The lowest BCUT2D eigenvalue weighted by Gasteiger charge is -2.10. The van der Waals surface area contributed by atoms with E-state index in [1.54, 1.807) is 0 Å². The third-order valence-corrected chi connectivity index (χ3v) is 1.85. The number of benzene rings is 1. The predicted octanol–water partition coefficient (Wildman–Crippen LogP) is 2.45. The van der Waals surface area contributed by atoms with Gasteiger partial charge in [-0.15, -0.1) is 0 Å². The highest BCUT2D eigenvalue weighted by Crippen LogP contribution is 2.32. The molecule has 6 heteroatoms. The lowest BCUT2D eigenvalue weighted by molar-refractivity contribution is -0.137. The lowest BCUT2D eigenvalue weighted by Crippen LogP contribution is -2.09. The van der Waals surface area contributed by atoms with Gasteiger partial charge in [0.1, 0.15) is 0 Å². The van der Waals surface area contributed by atoms with E-state index in [1.165, 1.54) is 7.05 Å². The highest BCUT2D eigenvalue weighted by atomic mass is 19.4. The molecule has 0 bridgehead atoms. The van der Waals surface area contributed by atoms with Crippen molar-refractivity contribution in [1.82, 2.24) is 0 Å². The van der Waals surface area contributed by atoms with E-state index in [9.17, 15) is 18.0 Å². The molecular formula is C9H8F3NO2. The van der Waals surface area contributed by atoms with Crippen LogP contribution in [0.1, 0.15) is 15.9 Å². The summed E-state index contributed by atoms with van der Waals surface area (Å²) in [7, 11) is 1.36. The predicted molar refractivity (Wildman–Crippen MR) is 48.0 cm³/mol. The van der Waals surface area contributed by atoms with Crippen LogP contribution in [0.5, 0.6) is 0 Å². The molecule has 0 aromatic heterocycles. The maximum absolute atomic E-state index is 12.3.